The lowest BCUT2D eigenvalue weighted by atomic mass is 10.2. The van der Waals surface area contributed by atoms with Crippen LogP contribution in [-0.4, -0.2) is 47.8 Å². The van der Waals surface area contributed by atoms with Gasteiger partial charge in [0.25, 0.3) is 0 Å². The van der Waals surface area contributed by atoms with Crippen LogP contribution in [0, 0.1) is 12.4 Å². The van der Waals surface area contributed by atoms with Crippen molar-refractivity contribution in [3.05, 3.63) is 29.5 Å². The Balaban J connectivity index is 1.96. The Morgan fingerprint density at radius 1 is 1.36 bits per heavy atom. The fourth-order valence-electron chi connectivity index (χ4n) is 2.11. The maximum absolute atomic E-state index is 13.6. The molecule has 22 heavy (non-hydrogen) atoms. The predicted molar refractivity (Wildman–Crippen MR) is 80.5 cm³/mol. The van der Waals surface area contributed by atoms with E-state index in [-0.39, 0.29) is 11.8 Å². The molecule has 1 amide bonds. The van der Waals surface area contributed by atoms with Gasteiger partial charge in [0.15, 0.2) is 0 Å². The molecule has 0 aliphatic carbocycles. The third-order valence-corrected chi connectivity index (χ3v) is 3.20. The van der Waals surface area contributed by atoms with Gasteiger partial charge in [-0.2, -0.15) is 0 Å². The van der Waals surface area contributed by atoms with Crippen molar-refractivity contribution in [2.45, 2.75) is 26.4 Å². The minimum Gasteiger partial charge on any atom is -0.444 e. The summed E-state index contributed by atoms with van der Waals surface area (Å²) < 4.78 is 19.0. The molecule has 0 N–H and O–H groups in total. The van der Waals surface area contributed by atoms with Crippen LogP contribution in [0.1, 0.15) is 20.8 Å². The number of nitrogens with zero attached hydrogens (tertiary/aromatic N) is 4. The van der Waals surface area contributed by atoms with Crippen molar-refractivity contribution in [2.75, 3.05) is 31.1 Å². The highest BCUT2D eigenvalue weighted by atomic mass is 19.1. The van der Waals surface area contributed by atoms with E-state index in [1.54, 1.807) is 4.90 Å². The fourth-order valence-corrected chi connectivity index (χ4v) is 2.11. The molecule has 7 heteroatoms. The number of halogens is 1. The molecule has 1 aliphatic heterocycles. The lowest BCUT2D eigenvalue weighted by Crippen LogP contribution is -2.50. The SMILES string of the molecule is [C-]#[N+]c1cnc(N2CCN(C(=O)OC(C)(C)C)CC2)cc1F. The van der Waals surface area contributed by atoms with E-state index in [1.165, 1.54) is 12.3 Å². The number of carbonyl (C=O) groups excluding carboxylic acids is 1. The zero-order valence-corrected chi connectivity index (χ0v) is 13.0. The molecule has 1 aromatic rings. The minimum atomic E-state index is -0.574. The molecule has 0 bridgehead atoms. The molecule has 1 fully saturated rings. The van der Waals surface area contributed by atoms with Gasteiger partial charge in [-0.1, -0.05) is 0 Å². The number of amides is 1. The third kappa shape index (κ3) is 3.85. The average molecular weight is 306 g/mol. The van der Waals surface area contributed by atoms with E-state index >= 15 is 0 Å². The zero-order chi connectivity index (χ0) is 16.3. The first kappa shape index (κ1) is 16.0. The Labute approximate surface area is 129 Å². The highest BCUT2D eigenvalue weighted by Gasteiger charge is 2.26. The summed E-state index contributed by atoms with van der Waals surface area (Å²) in [6.45, 7) is 14.4. The van der Waals surface area contributed by atoms with Gasteiger partial charge < -0.3 is 14.5 Å². The number of piperazine rings is 1. The Hall–Kier alpha value is -2.36. The normalized spacial score (nSPS) is 15.4. The first-order valence-corrected chi connectivity index (χ1v) is 7.06. The summed E-state index contributed by atoms with van der Waals surface area (Å²) in [5.41, 5.74) is -0.606. The van der Waals surface area contributed by atoms with Gasteiger partial charge in [0.05, 0.1) is 6.57 Å². The van der Waals surface area contributed by atoms with E-state index in [0.717, 1.165) is 0 Å². The van der Waals surface area contributed by atoms with E-state index in [2.05, 4.69) is 9.83 Å². The number of hydrogen-bond donors (Lipinski definition) is 0. The second-order valence-electron chi connectivity index (χ2n) is 6.06. The van der Waals surface area contributed by atoms with Crippen LogP contribution in [0.4, 0.5) is 20.7 Å². The molecule has 2 heterocycles. The van der Waals surface area contributed by atoms with Gasteiger partial charge in [-0.15, -0.1) is 0 Å². The summed E-state index contributed by atoms with van der Waals surface area (Å²) in [4.78, 5) is 22.6. The molecule has 1 aromatic heterocycles. The Kier molecular flexibility index (Phi) is 4.50. The lowest BCUT2D eigenvalue weighted by molar-refractivity contribution is 0.0240. The van der Waals surface area contributed by atoms with E-state index in [1.807, 2.05) is 25.7 Å². The van der Waals surface area contributed by atoms with Gasteiger partial charge in [-0.25, -0.2) is 14.0 Å². The van der Waals surface area contributed by atoms with E-state index in [0.29, 0.717) is 32.0 Å². The average Bonchev–Trinajstić information content (AvgIpc) is 2.45. The summed E-state index contributed by atoms with van der Waals surface area (Å²) >= 11 is 0. The van der Waals surface area contributed by atoms with E-state index < -0.39 is 11.4 Å². The maximum Gasteiger partial charge on any atom is 0.410 e. The number of pyridine rings is 1. The molecule has 118 valence electrons. The number of aromatic nitrogens is 1. The second kappa shape index (κ2) is 6.18. The van der Waals surface area contributed by atoms with Crippen LogP contribution in [0.5, 0.6) is 0 Å². The van der Waals surface area contributed by atoms with Crippen LogP contribution in [0.3, 0.4) is 0 Å². The first-order chi connectivity index (χ1) is 10.3. The standard InChI is InChI=1S/C15H19FN4O2/c1-15(2,3)22-14(21)20-7-5-19(6-8-20)13-9-11(16)12(17-4)10-18-13/h9-10H,5-8H2,1-3H3. The summed E-state index contributed by atoms with van der Waals surface area (Å²) in [7, 11) is 0. The Morgan fingerprint density at radius 3 is 2.50 bits per heavy atom. The third-order valence-electron chi connectivity index (χ3n) is 3.20. The largest absolute Gasteiger partial charge is 0.444 e. The quantitative estimate of drug-likeness (QED) is 0.749. The molecule has 1 saturated heterocycles. The summed E-state index contributed by atoms with van der Waals surface area (Å²) in [6.07, 6.45) is 0.896. The van der Waals surface area contributed by atoms with Crippen molar-refractivity contribution in [3.63, 3.8) is 0 Å². The van der Waals surface area contributed by atoms with Crippen LogP contribution >= 0.6 is 0 Å². The van der Waals surface area contributed by atoms with Crippen molar-refractivity contribution in [2.24, 2.45) is 0 Å². The number of anilines is 1. The molecule has 0 radical (unpaired) electrons. The molecular weight excluding hydrogens is 287 g/mol. The van der Waals surface area contributed by atoms with Crippen LogP contribution in [0.2, 0.25) is 0 Å². The molecule has 2 rings (SSSR count). The smallest absolute Gasteiger partial charge is 0.410 e. The Bertz CT molecular complexity index is 599. The zero-order valence-electron chi connectivity index (χ0n) is 13.0. The predicted octanol–water partition coefficient (Wildman–Crippen LogP) is 2.83. The van der Waals surface area contributed by atoms with Crippen LogP contribution in [-0.2, 0) is 4.74 Å². The second-order valence-corrected chi connectivity index (χ2v) is 6.06. The van der Waals surface area contributed by atoms with Crippen LogP contribution in [0.15, 0.2) is 12.3 Å². The van der Waals surface area contributed by atoms with Gasteiger partial charge in [0, 0.05) is 38.4 Å². The van der Waals surface area contributed by atoms with Crippen molar-refractivity contribution in [1.29, 1.82) is 0 Å². The molecule has 0 aromatic carbocycles. The highest BCUT2D eigenvalue weighted by molar-refractivity contribution is 5.68. The van der Waals surface area contributed by atoms with Crippen molar-refractivity contribution < 1.29 is 13.9 Å². The molecule has 0 atom stereocenters. The number of carbonyl (C=O) groups is 1. The highest BCUT2D eigenvalue weighted by Crippen LogP contribution is 2.22. The summed E-state index contributed by atoms with van der Waals surface area (Å²) in [6, 6.07) is 1.26. The van der Waals surface area contributed by atoms with Gasteiger partial charge in [-0.05, 0) is 20.8 Å². The molecular formula is C15H19FN4O2. The van der Waals surface area contributed by atoms with E-state index in [9.17, 15) is 9.18 Å². The van der Waals surface area contributed by atoms with Gasteiger partial charge in [0.2, 0.25) is 5.69 Å². The minimum absolute atomic E-state index is 0.0869. The summed E-state index contributed by atoms with van der Waals surface area (Å²) in [5, 5.41) is 0. The lowest BCUT2D eigenvalue weighted by Gasteiger charge is -2.36. The van der Waals surface area contributed by atoms with Gasteiger partial charge >= 0.3 is 6.09 Å². The fraction of sp³-hybridized carbons (Fsp3) is 0.533. The van der Waals surface area contributed by atoms with Crippen LogP contribution in [0.25, 0.3) is 4.85 Å². The number of hydrogen-bond acceptors (Lipinski definition) is 4. The molecule has 6 nitrogen and oxygen atoms in total. The van der Waals surface area contributed by atoms with Crippen LogP contribution < -0.4 is 4.90 Å². The number of ether oxygens (including phenoxy) is 1. The van der Waals surface area contributed by atoms with Crippen molar-refractivity contribution in [3.8, 4) is 0 Å². The van der Waals surface area contributed by atoms with Gasteiger partial charge in [-0.3, -0.25) is 4.98 Å². The van der Waals surface area contributed by atoms with E-state index in [4.69, 9.17) is 11.3 Å². The van der Waals surface area contributed by atoms with Crippen molar-refractivity contribution in [1.82, 2.24) is 9.88 Å². The van der Waals surface area contributed by atoms with Gasteiger partial charge in [0.1, 0.15) is 17.2 Å². The maximum atomic E-state index is 13.6. The molecule has 0 unspecified atom stereocenters. The summed E-state index contributed by atoms with van der Waals surface area (Å²) in [5.74, 6) is -0.0942. The van der Waals surface area contributed by atoms with Crippen molar-refractivity contribution >= 4 is 17.6 Å². The molecule has 0 spiro atoms. The molecule has 1 aliphatic rings. The first-order valence-electron chi connectivity index (χ1n) is 7.06. The Morgan fingerprint density at radius 2 is 2.00 bits per heavy atom. The topological polar surface area (TPSA) is 50.0 Å². The number of rotatable bonds is 1. The monoisotopic (exact) mass is 306 g/mol. The molecule has 0 saturated carbocycles.